The first-order valence-corrected chi connectivity index (χ1v) is 32.7. The number of unbranched alkanes of at least 4 members (excludes halogenated alkanes) is 45. The van der Waals surface area contributed by atoms with Gasteiger partial charge >= 0.3 is 11.9 Å². The smallest absolute Gasteiger partial charge is 0.344 e. The Morgan fingerprint density at radius 1 is 0.338 bits per heavy atom. The summed E-state index contributed by atoms with van der Waals surface area (Å²) in [6, 6.07) is 3.43. The van der Waals surface area contributed by atoms with Crippen molar-refractivity contribution in [3.05, 3.63) is 17.7 Å². The van der Waals surface area contributed by atoms with Gasteiger partial charge in [0.25, 0.3) is 0 Å². The fourth-order valence-corrected chi connectivity index (χ4v) is 10.1. The largest absolute Gasteiger partial charge is 0.490 e. The van der Waals surface area contributed by atoms with Gasteiger partial charge in [-0.2, -0.15) is 0 Å². The van der Waals surface area contributed by atoms with Gasteiger partial charge in [0.1, 0.15) is 5.60 Å². The molecule has 0 aliphatic rings. The van der Waals surface area contributed by atoms with Gasteiger partial charge in [-0.05, 0) is 52.2 Å². The molecule has 0 aromatic heterocycles. The predicted molar refractivity (Wildman–Crippen MR) is 318 cm³/mol. The SMILES string of the molecule is CCCCCCCCCCCCCCCCCCOc1cc(C(=O)OCC(=O)OC(C)(C)C)cc(OCCCCCCCCCCCCCCCCCC)c1OCCCCCCCCCCCCCCCCCC. The monoisotopic (exact) mass is 1040 g/mol. The van der Waals surface area contributed by atoms with Gasteiger partial charge in [-0.1, -0.05) is 310 Å². The first-order valence-electron chi connectivity index (χ1n) is 32.7. The Labute approximate surface area is 460 Å². The minimum Gasteiger partial charge on any atom is -0.490 e. The number of esters is 2. The van der Waals surface area contributed by atoms with E-state index < -0.39 is 24.1 Å². The zero-order valence-corrected chi connectivity index (χ0v) is 50.3. The van der Waals surface area contributed by atoms with Crippen molar-refractivity contribution < 1.29 is 33.3 Å². The second kappa shape index (κ2) is 52.6. The maximum atomic E-state index is 13.5. The quantitative estimate of drug-likeness (QED) is 0.0475. The van der Waals surface area contributed by atoms with E-state index >= 15 is 0 Å². The van der Waals surface area contributed by atoms with Crippen LogP contribution in [0.4, 0.5) is 0 Å². The number of rotatable bonds is 57. The molecule has 0 aliphatic carbocycles. The lowest BCUT2D eigenvalue weighted by Gasteiger charge is -2.20. The van der Waals surface area contributed by atoms with Crippen LogP contribution in [0.15, 0.2) is 12.1 Å². The summed E-state index contributed by atoms with van der Waals surface area (Å²) in [5, 5.41) is 0. The number of carbonyl (C=O) groups is 2. The van der Waals surface area contributed by atoms with E-state index in [0.717, 1.165) is 38.5 Å². The summed E-state index contributed by atoms with van der Waals surface area (Å²) < 4.78 is 30.5. The molecule has 1 aromatic rings. The molecule has 1 rings (SSSR count). The van der Waals surface area contributed by atoms with Gasteiger partial charge in [-0.3, -0.25) is 0 Å². The summed E-state index contributed by atoms with van der Waals surface area (Å²) in [5.74, 6) is 0.402. The van der Waals surface area contributed by atoms with E-state index in [4.69, 9.17) is 23.7 Å². The van der Waals surface area contributed by atoms with E-state index in [2.05, 4.69) is 20.8 Å². The van der Waals surface area contributed by atoms with Crippen LogP contribution >= 0.6 is 0 Å². The van der Waals surface area contributed by atoms with Gasteiger partial charge in [0.05, 0.1) is 25.4 Å². The number of hydrogen-bond donors (Lipinski definition) is 0. The lowest BCUT2D eigenvalue weighted by molar-refractivity contribution is -0.158. The average Bonchev–Trinajstić information content (AvgIpc) is 3.38. The van der Waals surface area contributed by atoms with E-state index in [1.807, 2.05) is 0 Å². The lowest BCUT2D eigenvalue weighted by atomic mass is 10.0. The zero-order valence-electron chi connectivity index (χ0n) is 50.3. The molecule has 0 saturated carbocycles. The van der Waals surface area contributed by atoms with Crippen LogP contribution in [0.2, 0.25) is 0 Å². The van der Waals surface area contributed by atoms with E-state index in [-0.39, 0.29) is 5.56 Å². The summed E-state index contributed by atoms with van der Waals surface area (Å²) in [6.45, 7) is 13.4. The molecule has 0 amide bonds. The van der Waals surface area contributed by atoms with E-state index in [0.29, 0.717) is 37.1 Å². The summed E-state index contributed by atoms with van der Waals surface area (Å²) in [7, 11) is 0. The fraction of sp³-hybridized carbons (Fsp3) is 0.881. The molecule has 0 atom stereocenters. The van der Waals surface area contributed by atoms with Crippen molar-refractivity contribution in [1.82, 2.24) is 0 Å². The standard InChI is InChI=1S/C67H124O7/c1-7-10-13-16-19-22-25-28-31-34-37-40-43-46-49-52-55-70-62-58-61(66(69)73-60-64(68)74-67(4,5)6)59-63(71-56-53-50-47-44-41-38-35-32-29-26-23-20-17-14-11-8-2)65(62)72-57-54-51-48-45-42-39-36-33-30-27-24-21-18-15-12-9-3/h58-59H,7-57,60H2,1-6H3. The van der Waals surface area contributed by atoms with Gasteiger partial charge in [0.2, 0.25) is 5.75 Å². The molecule has 0 spiro atoms. The van der Waals surface area contributed by atoms with Crippen molar-refractivity contribution in [3.8, 4) is 17.2 Å². The van der Waals surface area contributed by atoms with E-state index in [1.54, 1.807) is 32.9 Å². The molecule has 0 radical (unpaired) electrons. The molecule has 7 nitrogen and oxygen atoms in total. The molecule has 0 heterocycles. The molecule has 1 aromatic carbocycles. The van der Waals surface area contributed by atoms with Crippen molar-refractivity contribution in [1.29, 1.82) is 0 Å². The van der Waals surface area contributed by atoms with Crippen molar-refractivity contribution in [3.63, 3.8) is 0 Å². The highest BCUT2D eigenvalue weighted by Crippen LogP contribution is 2.40. The molecular weight excluding hydrogens is 917 g/mol. The van der Waals surface area contributed by atoms with Crippen LogP contribution in [0.25, 0.3) is 0 Å². The first kappa shape index (κ1) is 69.6. The summed E-state index contributed by atoms with van der Waals surface area (Å²) in [5.41, 5.74) is -0.386. The minimum atomic E-state index is -0.670. The second-order valence-corrected chi connectivity index (χ2v) is 23.4. The van der Waals surface area contributed by atoms with Gasteiger partial charge < -0.3 is 23.7 Å². The van der Waals surface area contributed by atoms with Crippen LogP contribution in [0.5, 0.6) is 17.2 Å². The third-order valence-corrected chi connectivity index (χ3v) is 14.8. The molecule has 0 bridgehead atoms. The molecule has 0 unspecified atom stereocenters. The Balaban J connectivity index is 2.77. The first-order chi connectivity index (χ1) is 36.2. The zero-order chi connectivity index (χ0) is 53.7. The lowest BCUT2D eigenvalue weighted by Crippen LogP contribution is -2.27. The van der Waals surface area contributed by atoms with Gasteiger partial charge in [0.15, 0.2) is 18.1 Å². The van der Waals surface area contributed by atoms with E-state index in [1.165, 1.54) is 270 Å². The number of hydrogen-bond acceptors (Lipinski definition) is 7. The van der Waals surface area contributed by atoms with Crippen molar-refractivity contribution in [2.24, 2.45) is 0 Å². The highest BCUT2D eigenvalue weighted by atomic mass is 16.6. The molecule has 74 heavy (non-hydrogen) atoms. The van der Waals surface area contributed by atoms with Crippen LogP contribution in [-0.2, 0) is 14.3 Å². The normalized spacial score (nSPS) is 11.6. The third-order valence-electron chi connectivity index (χ3n) is 14.8. The Morgan fingerprint density at radius 3 is 0.811 bits per heavy atom. The number of carbonyl (C=O) groups excluding carboxylic acids is 2. The van der Waals surface area contributed by atoms with Gasteiger partial charge in [0, 0.05) is 0 Å². The van der Waals surface area contributed by atoms with E-state index in [9.17, 15) is 9.59 Å². The van der Waals surface area contributed by atoms with Crippen LogP contribution in [0.1, 0.15) is 360 Å². The summed E-state index contributed by atoms with van der Waals surface area (Å²) >= 11 is 0. The third kappa shape index (κ3) is 45.7. The van der Waals surface area contributed by atoms with Crippen molar-refractivity contribution in [2.75, 3.05) is 26.4 Å². The van der Waals surface area contributed by atoms with Gasteiger partial charge in [-0.15, -0.1) is 0 Å². The van der Waals surface area contributed by atoms with Gasteiger partial charge in [-0.25, -0.2) is 9.59 Å². The highest BCUT2D eigenvalue weighted by molar-refractivity contribution is 5.92. The number of ether oxygens (including phenoxy) is 5. The van der Waals surface area contributed by atoms with Crippen LogP contribution in [-0.4, -0.2) is 44.0 Å². The van der Waals surface area contributed by atoms with Crippen LogP contribution in [0, 0.1) is 0 Å². The summed E-state index contributed by atoms with van der Waals surface area (Å²) in [4.78, 5) is 26.1. The molecule has 0 saturated heterocycles. The maximum absolute atomic E-state index is 13.5. The Bertz CT molecular complexity index is 1310. The van der Waals surface area contributed by atoms with Crippen molar-refractivity contribution in [2.45, 2.75) is 355 Å². The molecule has 7 heteroatoms. The average molecular weight is 1040 g/mol. The Morgan fingerprint density at radius 2 is 0.568 bits per heavy atom. The second-order valence-electron chi connectivity index (χ2n) is 23.4. The topological polar surface area (TPSA) is 80.3 Å². The van der Waals surface area contributed by atoms with Crippen LogP contribution in [0.3, 0.4) is 0 Å². The molecule has 0 fully saturated rings. The minimum absolute atomic E-state index is 0.285. The summed E-state index contributed by atoms with van der Waals surface area (Å²) in [6.07, 6.45) is 63.3. The number of benzene rings is 1. The molecule has 434 valence electrons. The molecule has 0 N–H and O–H groups in total. The fourth-order valence-electron chi connectivity index (χ4n) is 10.1. The predicted octanol–water partition coefficient (Wildman–Crippen LogP) is 22.1. The highest BCUT2D eigenvalue weighted by Gasteiger charge is 2.22. The Hall–Kier alpha value is -2.44. The maximum Gasteiger partial charge on any atom is 0.344 e. The molecular formula is C67H124O7. The van der Waals surface area contributed by atoms with Crippen molar-refractivity contribution >= 4 is 11.9 Å². The molecule has 0 aliphatic heterocycles. The Kier molecular flexibility index (Phi) is 49.5. The van der Waals surface area contributed by atoms with Crippen LogP contribution < -0.4 is 14.2 Å².